The summed E-state index contributed by atoms with van der Waals surface area (Å²) in [6.45, 7) is 2.49. The van der Waals surface area contributed by atoms with E-state index in [-0.39, 0.29) is 23.5 Å². The van der Waals surface area contributed by atoms with Gasteiger partial charge in [-0.05, 0) is 66.8 Å². The number of benzene rings is 3. The van der Waals surface area contributed by atoms with Gasteiger partial charge in [0, 0.05) is 17.7 Å². The van der Waals surface area contributed by atoms with Crippen molar-refractivity contribution in [2.24, 2.45) is 0 Å². The van der Waals surface area contributed by atoms with E-state index in [1.54, 1.807) is 25.3 Å². The highest BCUT2D eigenvalue weighted by atomic mass is 16.5. The minimum Gasteiger partial charge on any atom is -0.508 e. The van der Waals surface area contributed by atoms with Crippen LogP contribution in [-0.2, 0) is 4.79 Å². The molecule has 0 bridgehead atoms. The van der Waals surface area contributed by atoms with Crippen molar-refractivity contribution in [1.29, 1.82) is 0 Å². The van der Waals surface area contributed by atoms with Gasteiger partial charge in [-0.2, -0.15) is 0 Å². The number of ether oxygens (including phenoxy) is 2. The largest absolute Gasteiger partial charge is 0.508 e. The second-order valence-electron chi connectivity index (χ2n) is 8.61. The van der Waals surface area contributed by atoms with E-state index in [4.69, 9.17) is 9.47 Å². The van der Waals surface area contributed by atoms with Crippen LogP contribution in [0.25, 0.3) is 0 Å². The van der Waals surface area contributed by atoms with Crippen LogP contribution in [0.3, 0.4) is 0 Å². The lowest BCUT2D eigenvalue weighted by Gasteiger charge is -2.30. The number of rotatable bonds is 5. The number of hydrogen-bond acceptors (Lipinski definition) is 6. The smallest absolute Gasteiger partial charge is 0.163 e. The van der Waals surface area contributed by atoms with Crippen LogP contribution in [0.4, 0.5) is 11.4 Å². The first-order chi connectivity index (χ1) is 16.6. The van der Waals surface area contributed by atoms with E-state index in [0.29, 0.717) is 30.9 Å². The van der Waals surface area contributed by atoms with E-state index in [1.165, 1.54) is 0 Å². The van der Waals surface area contributed by atoms with Gasteiger partial charge in [0.2, 0.25) is 0 Å². The molecular formula is C28H28N2O4. The van der Waals surface area contributed by atoms with Crippen molar-refractivity contribution in [3.8, 4) is 17.2 Å². The van der Waals surface area contributed by atoms with Crippen LogP contribution < -0.4 is 20.1 Å². The normalized spacial score (nSPS) is 19.3. The molecule has 1 aliphatic carbocycles. The summed E-state index contributed by atoms with van der Waals surface area (Å²) in [7, 11) is 1.63. The number of phenolic OH excluding ortho intramolecular Hbond substituents is 1. The number of allylic oxidation sites excluding steroid dienone is 1. The predicted molar refractivity (Wildman–Crippen MR) is 133 cm³/mol. The fraction of sp³-hybridized carbons (Fsp3) is 0.250. The Morgan fingerprint density at radius 1 is 0.941 bits per heavy atom. The lowest BCUT2D eigenvalue weighted by Crippen LogP contribution is -2.26. The van der Waals surface area contributed by atoms with Gasteiger partial charge in [0.05, 0.1) is 31.1 Å². The molecule has 2 atom stereocenters. The van der Waals surface area contributed by atoms with E-state index in [2.05, 4.69) is 10.6 Å². The number of carbonyl (C=O) groups excluding carboxylic acids is 1. The van der Waals surface area contributed by atoms with E-state index < -0.39 is 0 Å². The molecule has 6 heteroatoms. The van der Waals surface area contributed by atoms with Crippen LogP contribution in [0.15, 0.2) is 78.0 Å². The molecule has 0 amide bonds. The number of methoxy groups -OCH3 is 1. The number of carbonyl (C=O) groups is 1. The Morgan fingerprint density at radius 3 is 2.53 bits per heavy atom. The number of phenols is 1. The van der Waals surface area contributed by atoms with E-state index in [9.17, 15) is 9.90 Å². The Kier molecular flexibility index (Phi) is 5.88. The number of anilines is 2. The van der Waals surface area contributed by atoms with Gasteiger partial charge in [0.1, 0.15) is 5.75 Å². The predicted octanol–water partition coefficient (Wildman–Crippen LogP) is 5.78. The van der Waals surface area contributed by atoms with Crippen molar-refractivity contribution in [3.63, 3.8) is 0 Å². The zero-order valence-corrected chi connectivity index (χ0v) is 19.3. The molecule has 34 heavy (non-hydrogen) atoms. The molecule has 5 rings (SSSR count). The lowest BCUT2D eigenvalue weighted by atomic mass is 9.78. The van der Waals surface area contributed by atoms with E-state index >= 15 is 0 Å². The Balaban J connectivity index is 1.56. The molecule has 1 aliphatic heterocycles. The molecule has 0 saturated heterocycles. The van der Waals surface area contributed by atoms with Crippen molar-refractivity contribution < 1.29 is 19.4 Å². The molecule has 3 aromatic rings. The molecular weight excluding hydrogens is 428 g/mol. The maximum Gasteiger partial charge on any atom is 0.163 e. The summed E-state index contributed by atoms with van der Waals surface area (Å²) >= 11 is 0. The van der Waals surface area contributed by atoms with Gasteiger partial charge >= 0.3 is 0 Å². The molecule has 2 aliphatic rings. The average molecular weight is 457 g/mol. The summed E-state index contributed by atoms with van der Waals surface area (Å²) in [6.07, 6.45) is 1.08. The third kappa shape index (κ3) is 4.07. The fourth-order valence-electron chi connectivity index (χ4n) is 4.90. The lowest BCUT2D eigenvalue weighted by molar-refractivity contribution is -0.116. The molecule has 0 saturated carbocycles. The second-order valence-corrected chi connectivity index (χ2v) is 8.61. The number of nitrogens with one attached hydrogen (secondary N) is 2. The molecule has 0 unspecified atom stereocenters. The van der Waals surface area contributed by atoms with Gasteiger partial charge in [-0.3, -0.25) is 4.79 Å². The van der Waals surface area contributed by atoms with Gasteiger partial charge in [-0.25, -0.2) is 0 Å². The molecule has 3 aromatic carbocycles. The summed E-state index contributed by atoms with van der Waals surface area (Å²) in [5.74, 6) is 1.64. The number of para-hydroxylation sites is 2. The molecule has 1 heterocycles. The summed E-state index contributed by atoms with van der Waals surface area (Å²) < 4.78 is 11.2. The molecule has 0 aromatic heterocycles. The summed E-state index contributed by atoms with van der Waals surface area (Å²) in [5.41, 5.74) is 5.35. The van der Waals surface area contributed by atoms with Crippen molar-refractivity contribution in [1.82, 2.24) is 0 Å². The molecule has 3 N–H and O–H groups in total. The minimum atomic E-state index is -0.360. The first kappa shape index (κ1) is 21.9. The van der Waals surface area contributed by atoms with Gasteiger partial charge < -0.3 is 25.2 Å². The Morgan fingerprint density at radius 2 is 1.76 bits per heavy atom. The minimum absolute atomic E-state index is 0.0124. The maximum absolute atomic E-state index is 13.7. The SMILES string of the molecule is CCOc1ccc([C@H]2CC(=O)C3=C(C2)Nc2ccccc2N[C@@H]3c2cccc(O)c2)cc1OC. The summed E-state index contributed by atoms with van der Waals surface area (Å²) in [5, 5.41) is 17.2. The molecule has 0 radical (unpaired) electrons. The summed E-state index contributed by atoms with van der Waals surface area (Å²) in [4.78, 5) is 13.7. The summed E-state index contributed by atoms with van der Waals surface area (Å²) in [6, 6.07) is 20.6. The first-order valence-corrected chi connectivity index (χ1v) is 11.6. The van der Waals surface area contributed by atoms with Crippen LogP contribution in [0.2, 0.25) is 0 Å². The van der Waals surface area contributed by atoms with Gasteiger partial charge in [0.25, 0.3) is 0 Å². The Labute approximate surface area is 199 Å². The number of ketones is 1. The highest BCUT2D eigenvalue weighted by molar-refractivity contribution is 6.01. The topological polar surface area (TPSA) is 79.8 Å². The highest BCUT2D eigenvalue weighted by Gasteiger charge is 2.36. The van der Waals surface area contributed by atoms with Gasteiger partial charge in [0.15, 0.2) is 17.3 Å². The number of fused-ring (bicyclic) bond motifs is 1. The zero-order chi connectivity index (χ0) is 23.7. The van der Waals surface area contributed by atoms with E-state index in [0.717, 1.165) is 33.8 Å². The number of Topliss-reactive ketones (excluding diaryl/α,β-unsaturated/α-hetero) is 1. The van der Waals surface area contributed by atoms with Gasteiger partial charge in [-0.1, -0.05) is 30.3 Å². The fourth-order valence-corrected chi connectivity index (χ4v) is 4.90. The van der Waals surface area contributed by atoms with Crippen molar-refractivity contribution in [2.75, 3.05) is 24.4 Å². The van der Waals surface area contributed by atoms with Crippen molar-refractivity contribution >= 4 is 17.2 Å². The van der Waals surface area contributed by atoms with Crippen LogP contribution in [0.5, 0.6) is 17.2 Å². The average Bonchev–Trinajstić information content (AvgIpc) is 3.01. The first-order valence-electron chi connectivity index (χ1n) is 11.6. The number of hydrogen-bond donors (Lipinski definition) is 3. The van der Waals surface area contributed by atoms with Crippen molar-refractivity contribution in [2.45, 2.75) is 31.7 Å². The number of aromatic hydroxyl groups is 1. The third-order valence-electron chi connectivity index (χ3n) is 6.47. The molecule has 0 spiro atoms. The standard InChI is InChI=1S/C28H28N2O4/c1-3-34-25-12-11-17(16-26(25)33-2)19-14-23-27(24(32)15-19)28(18-7-6-8-20(31)13-18)30-22-10-5-4-9-21(22)29-23/h4-13,16,19,28-31H,3,14-15H2,1-2H3/t19-,28-/m1/s1. The van der Waals surface area contributed by atoms with Crippen molar-refractivity contribution in [3.05, 3.63) is 89.1 Å². The van der Waals surface area contributed by atoms with Gasteiger partial charge in [-0.15, -0.1) is 0 Å². The molecule has 174 valence electrons. The monoisotopic (exact) mass is 456 g/mol. The van der Waals surface area contributed by atoms with Crippen LogP contribution in [0, 0.1) is 0 Å². The molecule has 0 fully saturated rings. The Hall–Kier alpha value is -3.93. The second kappa shape index (κ2) is 9.14. The molecule has 6 nitrogen and oxygen atoms in total. The Bertz CT molecular complexity index is 1270. The van der Waals surface area contributed by atoms with E-state index in [1.807, 2.05) is 55.5 Å². The van der Waals surface area contributed by atoms with Crippen LogP contribution >= 0.6 is 0 Å². The maximum atomic E-state index is 13.7. The highest BCUT2D eigenvalue weighted by Crippen LogP contribution is 2.45. The van der Waals surface area contributed by atoms with Crippen LogP contribution in [-0.4, -0.2) is 24.6 Å². The quantitative estimate of drug-likeness (QED) is 0.452. The zero-order valence-electron chi connectivity index (χ0n) is 19.3. The third-order valence-corrected chi connectivity index (χ3v) is 6.47. The van der Waals surface area contributed by atoms with Crippen LogP contribution in [0.1, 0.15) is 42.9 Å².